The van der Waals surface area contributed by atoms with Crippen molar-refractivity contribution >= 4 is 16.0 Å². The smallest absolute Gasteiger partial charge is 0.266 e. The molecule has 0 bridgehead atoms. The Balaban J connectivity index is 4.06. The number of amides is 1. The molecule has 0 aromatic heterocycles. The molecule has 2 atom stereocenters. The molecule has 0 aliphatic carbocycles. The summed E-state index contributed by atoms with van der Waals surface area (Å²) in [6, 6.07) is -0.966. The Bertz CT molecular complexity index is 591. The summed E-state index contributed by atoms with van der Waals surface area (Å²) in [4.78, 5) is 12.3. The predicted octanol–water partition coefficient (Wildman–Crippen LogP) is 6.34. The van der Waals surface area contributed by atoms with Gasteiger partial charge in [-0.25, -0.2) is 0 Å². The van der Waals surface area contributed by atoms with E-state index in [1.165, 1.54) is 38.5 Å². The van der Waals surface area contributed by atoms with Gasteiger partial charge in [-0.2, -0.15) is 8.42 Å². The van der Waals surface area contributed by atoms with Gasteiger partial charge in [-0.05, 0) is 38.5 Å². The summed E-state index contributed by atoms with van der Waals surface area (Å²) in [5.74, 6) is -0.914. The lowest BCUT2D eigenvalue weighted by Gasteiger charge is -2.23. The Morgan fingerprint density at radius 1 is 0.788 bits per heavy atom. The van der Waals surface area contributed by atoms with E-state index in [9.17, 15) is 22.9 Å². The van der Waals surface area contributed by atoms with Crippen LogP contribution >= 0.6 is 0 Å². The van der Waals surface area contributed by atoms with E-state index in [2.05, 4.69) is 31.3 Å². The van der Waals surface area contributed by atoms with Crippen LogP contribution < -0.4 is 5.32 Å². The molecule has 3 N–H and O–H groups in total. The average Bonchev–Trinajstić information content (AvgIpc) is 2.75. The number of nitrogens with one attached hydrogen (secondary N) is 1. The second-order valence-electron chi connectivity index (χ2n) is 9.32. The van der Waals surface area contributed by atoms with Crippen molar-refractivity contribution in [3.63, 3.8) is 0 Å². The third kappa shape index (κ3) is 22.6. The number of rotatable bonds is 23. The monoisotopic (exact) mass is 489 g/mol. The van der Waals surface area contributed by atoms with Crippen LogP contribution in [0.15, 0.2) is 12.2 Å². The Kier molecular flexibility index (Phi) is 21.0. The van der Waals surface area contributed by atoms with Gasteiger partial charge >= 0.3 is 0 Å². The number of aliphatic hydroxyl groups is 1. The van der Waals surface area contributed by atoms with Gasteiger partial charge in [0.25, 0.3) is 10.1 Å². The summed E-state index contributed by atoms with van der Waals surface area (Å²) in [6.45, 7) is 4.37. The summed E-state index contributed by atoms with van der Waals surface area (Å²) < 4.78 is 31.9. The van der Waals surface area contributed by atoms with Crippen LogP contribution in [0.3, 0.4) is 0 Å². The molecule has 1 amide bonds. The minimum atomic E-state index is -4.28. The molecular formula is C26H51NO5S. The van der Waals surface area contributed by atoms with Gasteiger partial charge in [-0.1, -0.05) is 96.6 Å². The highest BCUT2D eigenvalue weighted by Gasteiger charge is 2.25. The first kappa shape index (κ1) is 32.1. The molecule has 0 saturated heterocycles. The molecule has 0 rings (SSSR count). The second-order valence-corrected chi connectivity index (χ2v) is 10.8. The van der Waals surface area contributed by atoms with E-state index in [-0.39, 0.29) is 5.91 Å². The highest BCUT2D eigenvalue weighted by molar-refractivity contribution is 7.85. The van der Waals surface area contributed by atoms with Gasteiger partial charge in [0.2, 0.25) is 5.91 Å². The first-order valence-corrected chi connectivity index (χ1v) is 15.0. The second kappa shape index (κ2) is 21.6. The number of allylic oxidation sites excluding steroid dienone is 2. The minimum Gasteiger partial charge on any atom is -0.391 e. The Hall–Kier alpha value is -0.920. The average molecular weight is 490 g/mol. The van der Waals surface area contributed by atoms with Crippen LogP contribution in [0, 0.1) is 0 Å². The van der Waals surface area contributed by atoms with Gasteiger partial charge in [0.05, 0.1) is 17.9 Å². The molecule has 2 unspecified atom stereocenters. The quantitative estimate of drug-likeness (QED) is 0.0883. The fourth-order valence-electron chi connectivity index (χ4n) is 3.92. The standard InChI is InChI=1S/C26H51NO5S/c1-3-5-7-9-11-12-13-14-15-16-18-20-22-26(29)27-24(23-33(30,31)32)25(28)21-19-17-10-8-6-4-2/h11-12,24-25,28H,3-10,13-23H2,1-2H3,(H,27,29)(H,30,31,32)/b12-11-. The number of hydrogen-bond donors (Lipinski definition) is 3. The van der Waals surface area contributed by atoms with E-state index in [1.807, 2.05) is 0 Å². The lowest BCUT2D eigenvalue weighted by Crippen LogP contribution is -2.47. The van der Waals surface area contributed by atoms with Crippen molar-refractivity contribution in [1.29, 1.82) is 0 Å². The fraction of sp³-hybridized carbons (Fsp3) is 0.885. The van der Waals surface area contributed by atoms with Crippen molar-refractivity contribution in [3.05, 3.63) is 12.2 Å². The first-order chi connectivity index (χ1) is 15.8. The van der Waals surface area contributed by atoms with Crippen LogP contribution in [0.5, 0.6) is 0 Å². The molecule has 7 heteroatoms. The van der Waals surface area contributed by atoms with Crippen LogP contribution in [-0.2, 0) is 14.9 Å². The summed E-state index contributed by atoms with van der Waals surface area (Å²) in [5.41, 5.74) is 0. The van der Waals surface area contributed by atoms with Gasteiger partial charge in [0.15, 0.2) is 0 Å². The van der Waals surface area contributed by atoms with E-state index in [4.69, 9.17) is 0 Å². The van der Waals surface area contributed by atoms with Crippen LogP contribution in [0.4, 0.5) is 0 Å². The predicted molar refractivity (Wildman–Crippen MR) is 138 cm³/mol. The Labute approximate surface area is 203 Å². The van der Waals surface area contributed by atoms with E-state index in [0.717, 1.165) is 64.2 Å². The van der Waals surface area contributed by atoms with E-state index in [0.29, 0.717) is 12.8 Å². The maximum Gasteiger partial charge on any atom is 0.266 e. The van der Waals surface area contributed by atoms with Crippen molar-refractivity contribution in [2.75, 3.05) is 5.75 Å². The largest absolute Gasteiger partial charge is 0.391 e. The number of unbranched alkanes of at least 4 members (excludes halogenated alkanes) is 13. The molecule has 0 aromatic carbocycles. The molecule has 0 aromatic rings. The van der Waals surface area contributed by atoms with Crippen molar-refractivity contribution in [2.24, 2.45) is 0 Å². The van der Waals surface area contributed by atoms with Crippen LogP contribution in [-0.4, -0.2) is 41.9 Å². The normalized spacial score (nSPS) is 13.9. The van der Waals surface area contributed by atoms with Crippen molar-refractivity contribution < 1.29 is 22.9 Å². The third-order valence-corrected chi connectivity index (χ3v) is 6.75. The summed E-state index contributed by atoms with van der Waals surface area (Å²) >= 11 is 0. The van der Waals surface area contributed by atoms with Crippen LogP contribution in [0.25, 0.3) is 0 Å². The van der Waals surface area contributed by atoms with E-state index >= 15 is 0 Å². The van der Waals surface area contributed by atoms with Gasteiger partial charge < -0.3 is 10.4 Å². The van der Waals surface area contributed by atoms with Crippen LogP contribution in [0.2, 0.25) is 0 Å². The molecule has 0 saturated carbocycles. The molecule has 6 nitrogen and oxygen atoms in total. The highest BCUT2D eigenvalue weighted by atomic mass is 32.2. The van der Waals surface area contributed by atoms with Crippen molar-refractivity contribution in [2.45, 2.75) is 142 Å². The zero-order chi connectivity index (χ0) is 24.8. The molecule has 33 heavy (non-hydrogen) atoms. The topological polar surface area (TPSA) is 104 Å². The van der Waals surface area contributed by atoms with Gasteiger partial charge in [0.1, 0.15) is 0 Å². The Morgan fingerprint density at radius 2 is 1.27 bits per heavy atom. The molecule has 0 aliphatic rings. The van der Waals surface area contributed by atoms with Crippen molar-refractivity contribution in [3.8, 4) is 0 Å². The lowest BCUT2D eigenvalue weighted by molar-refractivity contribution is -0.122. The Morgan fingerprint density at radius 3 is 1.88 bits per heavy atom. The van der Waals surface area contributed by atoms with Gasteiger partial charge in [0, 0.05) is 6.42 Å². The number of aliphatic hydroxyl groups excluding tert-OH is 1. The molecule has 0 heterocycles. The molecule has 0 spiro atoms. The summed E-state index contributed by atoms with van der Waals surface area (Å²) in [6.07, 6.45) is 21.9. The summed E-state index contributed by atoms with van der Waals surface area (Å²) in [5, 5.41) is 13.0. The fourth-order valence-corrected chi connectivity index (χ4v) is 4.68. The SMILES string of the molecule is CCCCC/C=C\CCCCCCCC(=O)NC(CS(=O)(=O)O)C(O)CCCCCCCC. The maximum absolute atomic E-state index is 12.3. The van der Waals surface area contributed by atoms with E-state index < -0.39 is 28.0 Å². The molecular weight excluding hydrogens is 438 g/mol. The highest BCUT2D eigenvalue weighted by Crippen LogP contribution is 2.13. The third-order valence-electron chi connectivity index (χ3n) is 5.97. The molecule has 0 radical (unpaired) electrons. The van der Waals surface area contributed by atoms with Crippen LogP contribution in [0.1, 0.15) is 129 Å². The van der Waals surface area contributed by atoms with Gasteiger partial charge in [-0.3, -0.25) is 9.35 Å². The first-order valence-electron chi connectivity index (χ1n) is 13.4. The number of carbonyl (C=O) groups is 1. The molecule has 196 valence electrons. The zero-order valence-electron chi connectivity index (χ0n) is 21.3. The van der Waals surface area contributed by atoms with Gasteiger partial charge in [-0.15, -0.1) is 0 Å². The minimum absolute atomic E-state index is 0.263. The van der Waals surface area contributed by atoms with E-state index in [1.54, 1.807) is 0 Å². The maximum atomic E-state index is 12.3. The summed E-state index contributed by atoms with van der Waals surface area (Å²) in [7, 11) is -4.28. The number of carbonyl (C=O) groups excluding carboxylic acids is 1. The molecule has 0 aliphatic heterocycles. The van der Waals surface area contributed by atoms with Crippen molar-refractivity contribution in [1.82, 2.24) is 5.32 Å². The lowest BCUT2D eigenvalue weighted by atomic mass is 10.0. The zero-order valence-corrected chi connectivity index (χ0v) is 22.1. The number of hydrogen-bond acceptors (Lipinski definition) is 4. The molecule has 0 fully saturated rings.